The van der Waals surface area contributed by atoms with Crippen molar-refractivity contribution in [3.05, 3.63) is 12.3 Å². The van der Waals surface area contributed by atoms with Gasteiger partial charge in [0, 0.05) is 25.1 Å². The van der Waals surface area contributed by atoms with E-state index in [1.54, 1.807) is 11.0 Å². The van der Waals surface area contributed by atoms with Gasteiger partial charge >= 0.3 is 6.03 Å². The lowest BCUT2D eigenvalue weighted by atomic mass is 9.96. The maximum absolute atomic E-state index is 11.8. The molecule has 3 N–H and O–H groups in total. The summed E-state index contributed by atoms with van der Waals surface area (Å²) in [7, 11) is 0. The molecule has 1 aliphatic rings. The van der Waals surface area contributed by atoms with Crippen molar-refractivity contribution in [1.29, 1.82) is 0 Å². The molecule has 1 aromatic heterocycles. The number of piperidine rings is 1. The first-order valence-electron chi connectivity index (χ1n) is 5.42. The highest BCUT2D eigenvalue weighted by Gasteiger charge is 2.25. The molecular weight excluding hydrogens is 224 g/mol. The van der Waals surface area contributed by atoms with Gasteiger partial charge in [0.15, 0.2) is 5.82 Å². The van der Waals surface area contributed by atoms with Crippen molar-refractivity contribution in [3.8, 4) is 0 Å². The predicted molar refractivity (Wildman–Crippen MR) is 59.0 cm³/mol. The SMILES string of the molecule is NC(=O)C1CCN(C(=O)Nc2ccon2)CC1. The standard InChI is InChI=1S/C10H14N4O3/c11-9(15)7-1-4-14(5-2-7)10(16)12-8-3-6-17-13-8/h3,6-7H,1-2,4-5H2,(H2,11,15)(H,12,13,16). The summed E-state index contributed by atoms with van der Waals surface area (Å²) in [5, 5.41) is 6.19. The van der Waals surface area contributed by atoms with Gasteiger partial charge < -0.3 is 15.2 Å². The molecule has 0 atom stereocenters. The largest absolute Gasteiger partial charge is 0.369 e. The molecule has 0 unspecified atom stereocenters. The van der Waals surface area contributed by atoms with Crippen LogP contribution in [0.15, 0.2) is 16.9 Å². The lowest BCUT2D eigenvalue weighted by Gasteiger charge is -2.30. The van der Waals surface area contributed by atoms with Crippen LogP contribution in [-0.4, -0.2) is 35.1 Å². The summed E-state index contributed by atoms with van der Waals surface area (Å²) in [4.78, 5) is 24.4. The van der Waals surface area contributed by atoms with Crippen LogP contribution in [0.5, 0.6) is 0 Å². The number of primary amides is 1. The van der Waals surface area contributed by atoms with Gasteiger partial charge in [0.2, 0.25) is 5.91 Å². The Morgan fingerprint density at radius 3 is 2.71 bits per heavy atom. The third kappa shape index (κ3) is 2.74. The van der Waals surface area contributed by atoms with E-state index in [-0.39, 0.29) is 17.9 Å². The highest BCUT2D eigenvalue weighted by atomic mass is 16.5. The van der Waals surface area contributed by atoms with E-state index < -0.39 is 0 Å². The number of urea groups is 1. The van der Waals surface area contributed by atoms with Gasteiger partial charge in [0.05, 0.1) is 0 Å². The first kappa shape index (κ1) is 11.4. The Hall–Kier alpha value is -2.05. The van der Waals surface area contributed by atoms with Gasteiger partial charge in [-0.2, -0.15) is 0 Å². The van der Waals surface area contributed by atoms with E-state index in [1.165, 1.54) is 6.26 Å². The van der Waals surface area contributed by atoms with Gasteiger partial charge in [0.1, 0.15) is 6.26 Å². The molecule has 17 heavy (non-hydrogen) atoms. The molecule has 92 valence electrons. The predicted octanol–water partition coefficient (Wildman–Crippen LogP) is 0.404. The van der Waals surface area contributed by atoms with E-state index in [2.05, 4.69) is 15.0 Å². The topological polar surface area (TPSA) is 101 Å². The fourth-order valence-corrected chi connectivity index (χ4v) is 1.83. The van der Waals surface area contributed by atoms with Crippen LogP contribution in [-0.2, 0) is 4.79 Å². The van der Waals surface area contributed by atoms with Crippen molar-refractivity contribution in [3.63, 3.8) is 0 Å². The zero-order valence-electron chi connectivity index (χ0n) is 9.26. The van der Waals surface area contributed by atoms with Crippen molar-refractivity contribution in [1.82, 2.24) is 10.1 Å². The fourth-order valence-electron chi connectivity index (χ4n) is 1.83. The molecule has 1 fully saturated rings. The van der Waals surface area contributed by atoms with Crippen LogP contribution in [0.4, 0.5) is 10.6 Å². The summed E-state index contributed by atoms with van der Waals surface area (Å²) in [6.45, 7) is 1.05. The molecule has 2 heterocycles. The number of hydrogen-bond acceptors (Lipinski definition) is 4. The molecule has 7 nitrogen and oxygen atoms in total. The van der Waals surface area contributed by atoms with E-state index in [0.29, 0.717) is 31.7 Å². The molecule has 1 saturated heterocycles. The number of carbonyl (C=O) groups is 2. The van der Waals surface area contributed by atoms with Crippen LogP contribution in [0.1, 0.15) is 12.8 Å². The van der Waals surface area contributed by atoms with Gasteiger partial charge in [-0.3, -0.25) is 10.1 Å². The van der Waals surface area contributed by atoms with Crippen LogP contribution in [0.25, 0.3) is 0 Å². The molecule has 1 aromatic rings. The Balaban J connectivity index is 1.84. The van der Waals surface area contributed by atoms with E-state index in [0.717, 1.165) is 0 Å². The molecule has 0 saturated carbocycles. The van der Waals surface area contributed by atoms with Crippen molar-refractivity contribution in [2.45, 2.75) is 12.8 Å². The summed E-state index contributed by atoms with van der Waals surface area (Å²) in [6, 6.07) is 1.33. The Morgan fingerprint density at radius 2 is 2.18 bits per heavy atom. The van der Waals surface area contributed by atoms with Crippen molar-refractivity contribution in [2.24, 2.45) is 11.7 Å². The number of rotatable bonds is 2. The summed E-state index contributed by atoms with van der Waals surface area (Å²) in [5.41, 5.74) is 5.22. The number of anilines is 1. The second kappa shape index (κ2) is 4.86. The van der Waals surface area contributed by atoms with Crippen molar-refractivity contribution < 1.29 is 14.1 Å². The Morgan fingerprint density at radius 1 is 1.47 bits per heavy atom. The minimum Gasteiger partial charge on any atom is -0.369 e. The van der Waals surface area contributed by atoms with Crippen molar-refractivity contribution >= 4 is 17.8 Å². The van der Waals surface area contributed by atoms with Crippen LogP contribution in [0, 0.1) is 5.92 Å². The second-order valence-corrected chi connectivity index (χ2v) is 3.98. The summed E-state index contributed by atoms with van der Waals surface area (Å²) >= 11 is 0. The molecular formula is C10H14N4O3. The Bertz CT molecular complexity index is 396. The van der Waals surface area contributed by atoms with E-state index in [9.17, 15) is 9.59 Å². The average molecular weight is 238 g/mol. The fraction of sp³-hybridized carbons (Fsp3) is 0.500. The molecule has 2 rings (SSSR count). The normalized spacial score (nSPS) is 16.8. The number of amides is 3. The molecule has 0 aliphatic carbocycles. The summed E-state index contributed by atoms with van der Waals surface area (Å²) in [6.07, 6.45) is 2.61. The molecule has 0 bridgehead atoms. The zero-order chi connectivity index (χ0) is 12.3. The molecule has 0 aromatic carbocycles. The minimum absolute atomic E-state index is 0.119. The number of nitrogens with one attached hydrogen (secondary N) is 1. The van der Waals surface area contributed by atoms with E-state index in [1.807, 2.05) is 0 Å². The number of likely N-dealkylation sites (tertiary alicyclic amines) is 1. The van der Waals surface area contributed by atoms with Crippen molar-refractivity contribution in [2.75, 3.05) is 18.4 Å². The number of carbonyl (C=O) groups excluding carboxylic acids is 2. The van der Waals surface area contributed by atoms with E-state index >= 15 is 0 Å². The van der Waals surface area contributed by atoms with Gasteiger partial charge in [-0.05, 0) is 12.8 Å². The average Bonchev–Trinajstić information content (AvgIpc) is 2.82. The number of nitrogens with two attached hydrogens (primary N) is 1. The zero-order valence-corrected chi connectivity index (χ0v) is 9.26. The third-order valence-electron chi connectivity index (χ3n) is 2.86. The summed E-state index contributed by atoms with van der Waals surface area (Å²) in [5.74, 6) is -0.0281. The molecule has 0 radical (unpaired) electrons. The highest BCUT2D eigenvalue weighted by molar-refractivity contribution is 5.88. The quantitative estimate of drug-likeness (QED) is 0.778. The monoisotopic (exact) mass is 238 g/mol. The number of aromatic nitrogens is 1. The first-order valence-corrected chi connectivity index (χ1v) is 5.42. The number of nitrogens with zero attached hydrogens (tertiary/aromatic N) is 2. The van der Waals surface area contributed by atoms with E-state index in [4.69, 9.17) is 5.73 Å². The number of hydrogen-bond donors (Lipinski definition) is 2. The molecule has 7 heteroatoms. The Labute approximate surface area is 97.9 Å². The van der Waals surface area contributed by atoms with Crippen LogP contribution in [0.3, 0.4) is 0 Å². The van der Waals surface area contributed by atoms with Crippen LogP contribution in [0.2, 0.25) is 0 Å². The highest BCUT2D eigenvalue weighted by Crippen LogP contribution is 2.17. The second-order valence-electron chi connectivity index (χ2n) is 3.98. The lowest BCUT2D eigenvalue weighted by molar-refractivity contribution is -0.122. The smallest absolute Gasteiger partial charge is 0.323 e. The molecule has 1 aliphatic heterocycles. The Kier molecular flexibility index (Phi) is 3.27. The minimum atomic E-state index is -0.290. The maximum Gasteiger partial charge on any atom is 0.323 e. The van der Waals surface area contributed by atoms with Gasteiger partial charge in [-0.25, -0.2) is 4.79 Å². The van der Waals surface area contributed by atoms with Gasteiger partial charge in [-0.15, -0.1) is 0 Å². The summed E-state index contributed by atoms with van der Waals surface area (Å²) < 4.78 is 4.61. The molecule has 3 amide bonds. The van der Waals surface area contributed by atoms with Gasteiger partial charge in [-0.1, -0.05) is 5.16 Å². The first-order chi connectivity index (χ1) is 8.16. The van der Waals surface area contributed by atoms with Crippen LogP contribution >= 0.6 is 0 Å². The van der Waals surface area contributed by atoms with Crippen LogP contribution < -0.4 is 11.1 Å². The maximum atomic E-state index is 11.8. The third-order valence-corrected chi connectivity index (χ3v) is 2.86. The lowest BCUT2D eigenvalue weighted by Crippen LogP contribution is -2.43. The van der Waals surface area contributed by atoms with Gasteiger partial charge in [0.25, 0.3) is 0 Å². The molecule has 0 spiro atoms.